The van der Waals surface area contributed by atoms with Crippen LogP contribution in [0.1, 0.15) is 31.2 Å². The van der Waals surface area contributed by atoms with E-state index in [4.69, 9.17) is 0 Å². The van der Waals surface area contributed by atoms with Crippen molar-refractivity contribution in [3.63, 3.8) is 0 Å². The van der Waals surface area contributed by atoms with E-state index in [1.54, 1.807) is 11.3 Å². The van der Waals surface area contributed by atoms with E-state index in [0.717, 1.165) is 35.6 Å². The minimum atomic E-state index is 0.821. The van der Waals surface area contributed by atoms with Crippen LogP contribution in [-0.2, 0) is 6.54 Å². The predicted octanol–water partition coefficient (Wildman–Crippen LogP) is 2.84. The van der Waals surface area contributed by atoms with Crippen molar-refractivity contribution in [1.82, 2.24) is 14.7 Å². The van der Waals surface area contributed by atoms with Gasteiger partial charge in [0.2, 0.25) is 0 Å². The molecule has 1 N–H and O–H groups in total. The van der Waals surface area contributed by atoms with Gasteiger partial charge in [-0.05, 0) is 38.1 Å². The largest absolute Gasteiger partial charge is 0.311 e. The average molecular weight is 249 g/mol. The first-order valence-corrected chi connectivity index (χ1v) is 7.25. The van der Waals surface area contributed by atoms with E-state index in [9.17, 15) is 0 Å². The summed E-state index contributed by atoms with van der Waals surface area (Å²) in [6, 6.07) is 0. The minimum Gasteiger partial charge on any atom is -0.311 e. The lowest BCUT2D eigenvalue weighted by atomic mass is 10.1. The molecule has 0 saturated heterocycles. The van der Waals surface area contributed by atoms with Crippen molar-refractivity contribution in [3.05, 3.63) is 23.0 Å². The molecule has 1 unspecified atom stereocenters. The van der Waals surface area contributed by atoms with Crippen LogP contribution in [0.5, 0.6) is 0 Å². The quantitative estimate of drug-likeness (QED) is 0.883. The van der Waals surface area contributed by atoms with Crippen molar-refractivity contribution in [2.24, 2.45) is 11.8 Å². The second-order valence-electron chi connectivity index (χ2n) is 5.15. The number of nitrogens with one attached hydrogen (secondary N) is 1. The van der Waals surface area contributed by atoms with Crippen molar-refractivity contribution in [2.75, 3.05) is 6.54 Å². The zero-order valence-electron chi connectivity index (χ0n) is 10.4. The Labute approximate surface area is 106 Å². The molecule has 0 bridgehead atoms. The molecule has 1 aliphatic carbocycles. The van der Waals surface area contributed by atoms with Gasteiger partial charge in [-0.1, -0.05) is 6.92 Å². The highest BCUT2D eigenvalue weighted by Gasteiger charge is 2.27. The molecule has 0 spiro atoms. The maximum absolute atomic E-state index is 4.56. The smallest absolute Gasteiger partial charge is 0.194 e. The van der Waals surface area contributed by atoms with E-state index >= 15 is 0 Å². The Morgan fingerprint density at radius 1 is 1.59 bits per heavy atom. The summed E-state index contributed by atoms with van der Waals surface area (Å²) in [5.41, 5.74) is 2.47. The van der Waals surface area contributed by atoms with Crippen LogP contribution >= 0.6 is 11.3 Å². The van der Waals surface area contributed by atoms with Crippen LogP contribution in [0, 0.1) is 18.8 Å². The fourth-order valence-electron chi connectivity index (χ4n) is 2.40. The fraction of sp³-hybridized carbons (Fsp3) is 0.615. The monoisotopic (exact) mass is 249 g/mol. The van der Waals surface area contributed by atoms with Gasteiger partial charge in [0.05, 0.1) is 11.4 Å². The normalized spacial score (nSPS) is 17.8. The predicted molar refractivity (Wildman–Crippen MR) is 71.4 cm³/mol. The Kier molecular flexibility index (Phi) is 2.92. The standard InChI is InChI=1S/C13H19N3S/c1-9(11-3-4-11)7-14-8-12-10(2)15-13-16(12)5-6-17-13/h5-6,9,11,14H,3-4,7-8H2,1-2H3. The molecule has 0 amide bonds. The summed E-state index contributed by atoms with van der Waals surface area (Å²) in [5.74, 6) is 1.80. The number of hydrogen-bond acceptors (Lipinski definition) is 3. The molecule has 2 aromatic rings. The van der Waals surface area contributed by atoms with Crippen LogP contribution in [0.15, 0.2) is 11.6 Å². The molecule has 0 aromatic carbocycles. The van der Waals surface area contributed by atoms with E-state index in [0.29, 0.717) is 0 Å². The van der Waals surface area contributed by atoms with Crippen molar-refractivity contribution in [3.8, 4) is 0 Å². The van der Waals surface area contributed by atoms with Crippen molar-refractivity contribution < 1.29 is 0 Å². The first-order valence-electron chi connectivity index (χ1n) is 6.37. The summed E-state index contributed by atoms with van der Waals surface area (Å²) in [5, 5.41) is 5.67. The lowest BCUT2D eigenvalue weighted by molar-refractivity contribution is 0.459. The molecule has 3 rings (SSSR count). The molecule has 92 valence electrons. The number of thiazole rings is 1. The third kappa shape index (κ3) is 2.24. The Morgan fingerprint density at radius 2 is 2.41 bits per heavy atom. The zero-order chi connectivity index (χ0) is 11.8. The van der Waals surface area contributed by atoms with Crippen molar-refractivity contribution in [2.45, 2.75) is 33.2 Å². The van der Waals surface area contributed by atoms with Gasteiger partial charge in [0, 0.05) is 18.1 Å². The molecule has 1 aliphatic rings. The van der Waals surface area contributed by atoms with Gasteiger partial charge in [0.25, 0.3) is 0 Å². The maximum atomic E-state index is 4.56. The Bertz CT molecular complexity index is 510. The molecular weight excluding hydrogens is 230 g/mol. The van der Waals surface area contributed by atoms with Crippen LogP contribution in [0.3, 0.4) is 0 Å². The summed E-state index contributed by atoms with van der Waals surface area (Å²) >= 11 is 1.70. The van der Waals surface area contributed by atoms with Gasteiger partial charge in [0.15, 0.2) is 4.96 Å². The average Bonchev–Trinajstić information content (AvgIpc) is 2.99. The second-order valence-corrected chi connectivity index (χ2v) is 6.02. The third-order valence-corrected chi connectivity index (χ3v) is 4.50. The number of imidazole rings is 1. The lowest BCUT2D eigenvalue weighted by Gasteiger charge is -2.11. The first-order chi connectivity index (χ1) is 8.25. The third-order valence-electron chi connectivity index (χ3n) is 3.75. The number of hydrogen-bond donors (Lipinski definition) is 1. The van der Waals surface area contributed by atoms with E-state index in [1.165, 1.54) is 18.5 Å². The second kappa shape index (κ2) is 4.42. The van der Waals surface area contributed by atoms with Crippen LogP contribution in [0.25, 0.3) is 4.96 Å². The highest BCUT2D eigenvalue weighted by molar-refractivity contribution is 7.15. The molecular formula is C13H19N3S. The van der Waals surface area contributed by atoms with Crippen molar-refractivity contribution in [1.29, 1.82) is 0 Å². The molecule has 3 nitrogen and oxygen atoms in total. The Balaban J connectivity index is 1.63. The summed E-state index contributed by atoms with van der Waals surface area (Å²) in [6.45, 7) is 6.51. The number of fused-ring (bicyclic) bond motifs is 1. The van der Waals surface area contributed by atoms with Crippen molar-refractivity contribution >= 4 is 16.3 Å². The topological polar surface area (TPSA) is 29.3 Å². The molecule has 4 heteroatoms. The van der Waals surface area contributed by atoms with Crippen LogP contribution in [0.2, 0.25) is 0 Å². The van der Waals surface area contributed by atoms with Gasteiger partial charge in [-0.3, -0.25) is 4.40 Å². The summed E-state index contributed by atoms with van der Waals surface area (Å²) in [7, 11) is 0. The molecule has 2 heterocycles. The molecule has 0 aliphatic heterocycles. The van der Waals surface area contributed by atoms with E-state index in [-0.39, 0.29) is 0 Å². The number of aryl methyl sites for hydroxylation is 1. The SMILES string of the molecule is Cc1nc2sccn2c1CNCC(C)C1CC1. The summed E-state index contributed by atoms with van der Waals surface area (Å²) in [6.07, 6.45) is 4.98. The van der Waals surface area contributed by atoms with E-state index < -0.39 is 0 Å². The van der Waals surface area contributed by atoms with Gasteiger partial charge in [-0.2, -0.15) is 0 Å². The van der Waals surface area contributed by atoms with Crippen LogP contribution in [-0.4, -0.2) is 15.9 Å². The number of rotatable bonds is 5. The summed E-state index contributed by atoms with van der Waals surface area (Å²) in [4.78, 5) is 5.67. The van der Waals surface area contributed by atoms with Gasteiger partial charge < -0.3 is 5.32 Å². The Morgan fingerprint density at radius 3 is 3.18 bits per heavy atom. The Hall–Kier alpha value is -0.870. The number of nitrogens with zero attached hydrogens (tertiary/aromatic N) is 2. The molecule has 1 atom stereocenters. The lowest BCUT2D eigenvalue weighted by Crippen LogP contribution is -2.22. The first kappa shape index (κ1) is 11.2. The van der Waals surface area contributed by atoms with Crippen LogP contribution in [0.4, 0.5) is 0 Å². The minimum absolute atomic E-state index is 0.821. The summed E-state index contributed by atoms with van der Waals surface area (Å²) < 4.78 is 2.20. The molecule has 1 saturated carbocycles. The fourth-order valence-corrected chi connectivity index (χ4v) is 3.18. The van der Waals surface area contributed by atoms with Gasteiger partial charge in [-0.25, -0.2) is 4.98 Å². The highest BCUT2D eigenvalue weighted by Crippen LogP contribution is 2.36. The highest BCUT2D eigenvalue weighted by atomic mass is 32.1. The molecule has 1 fully saturated rings. The molecule has 0 radical (unpaired) electrons. The molecule has 17 heavy (non-hydrogen) atoms. The zero-order valence-corrected chi connectivity index (χ0v) is 11.3. The van der Waals surface area contributed by atoms with E-state index in [2.05, 4.69) is 40.1 Å². The molecule has 2 aromatic heterocycles. The van der Waals surface area contributed by atoms with Crippen LogP contribution < -0.4 is 5.32 Å². The van der Waals surface area contributed by atoms with Gasteiger partial charge in [-0.15, -0.1) is 11.3 Å². The number of aromatic nitrogens is 2. The van der Waals surface area contributed by atoms with E-state index in [1.807, 2.05) is 0 Å². The maximum Gasteiger partial charge on any atom is 0.194 e. The van der Waals surface area contributed by atoms with Gasteiger partial charge in [0.1, 0.15) is 0 Å². The van der Waals surface area contributed by atoms with Gasteiger partial charge >= 0.3 is 0 Å².